The van der Waals surface area contributed by atoms with E-state index in [0.29, 0.717) is 0 Å². The van der Waals surface area contributed by atoms with Crippen molar-refractivity contribution in [2.24, 2.45) is 0 Å². The van der Waals surface area contributed by atoms with Gasteiger partial charge in [0, 0.05) is 19.3 Å². The quantitative estimate of drug-likeness (QED) is 0.895. The first kappa shape index (κ1) is 15.8. The lowest BCUT2D eigenvalue weighted by Crippen LogP contribution is -2.34. The molecule has 0 heterocycles. The van der Waals surface area contributed by atoms with Crippen LogP contribution in [0.2, 0.25) is 0 Å². The maximum atomic E-state index is 12.0. The van der Waals surface area contributed by atoms with Crippen molar-refractivity contribution in [1.29, 1.82) is 0 Å². The van der Waals surface area contributed by atoms with Gasteiger partial charge in [0.25, 0.3) is 0 Å². The van der Waals surface area contributed by atoms with Crippen LogP contribution >= 0.6 is 0 Å². The lowest BCUT2D eigenvalue weighted by Gasteiger charge is -2.18. The number of halogens is 3. The SMILES string of the molecule is CN(CCC(F)(F)F)C(=O)Nc1cccc(C(=O)O)c1. The molecule has 0 saturated heterocycles. The van der Waals surface area contributed by atoms with E-state index < -0.39 is 31.1 Å². The van der Waals surface area contributed by atoms with E-state index in [9.17, 15) is 22.8 Å². The summed E-state index contributed by atoms with van der Waals surface area (Å²) < 4.78 is 36.1. The number of hydrogen-bond acceptors (Lipinski definition) is 2. The van der Waals surface area contributed by atoms with Crippen molar-refractivity contribution in [3.8, 4) is 0 Å². The van der Waals surface area contributed by atoms with Crippen LogP contribution in [0, 0.1) is 0 Å². The molecule has 5 nitrogen and oxygen atoms in total. The first-order chi connectivity index (χ1) is 9.19. The van der Waals surface area contributed by atoms with E-state index in [1.807, 2.05) is 0 Å². The third-order valence-corrected chi connectivity index (χ3v) is 2.44. The normalized spacial score (nSPS) is 11.0. The van der Waals surface area contributed by atoms with Gasteiger partial charge < -0.3 is 15.3 Å². The van der Waals surface area contributed by atoms with Gasteiger partial charge in [-0.1, -0.05) is 6.07 Å². The molecule has 0 atom stereocenters. The summed E-state index contributed by atoms with van der Waals surface area (Å²) in [6, 6.07) is 4.69. The van der Waals surface area contributed by atoms with Crippen LogP contribution in [0.15, 0.2) is 24.3 Å². The van der Waals surface area contributed by atoms with Crippen LogP contribution in [0.25, 0.3) is 0 Å². The molecule has 0 aliphatic heterocycles. The monoisotopic (exact) mass is 290 g/mol. The molecule has 0 fully saturated rings. The Balaban J connectivity index is 2.61. The molecule has 0 aliphatic rings. The number of carboxylic acid groups (broad SMARTS) is 1. The van der Waals surface area contributed by atoms with E-state index in [4.69, 9.17) is 5.11 Å². The van der Waals surface area contributed by atoms with Crippen molar-refractivity contribution in [3.05, 3.63) is 29.8 Å². The number of alkyl halides is 3. The number of aromatic carboxylic acids is 1. The van der Waals surface area contributed by atoms with E-state index in [2.05, 4.69) is 5.32 Å². The van der Waals surface area contributed by atoms with Gasteiger partial charge >= 0.3 is 18.2 Å². The second-order valence-corrected chi connectivity index (χ2v) is 4.10. The van der Waals surface area contributed by atoms with Crippen LogP contribution in [0.4, 0.5) is 23.7 Å². The van der Waals surface area contributed by atoms with Crippen molar-refractivity contribution in [3.63, 3.8) is 0 Å². The Kier molecular flexibility index (Phi) is 4.95. The van der Waals surface area contributed by atoms with Crippen molar-refractivity contribution in [2.75, 3.05) is 18.9 Å². The van der Waals surface area contributed by atoms with Crippen LogP contribution in [0.5, 0.6) is 0 Å². The maximum Gasteiger partial charge on any atom is 0.390 e. The smallest absolute Gasteiger partial charge is 0.390 e. The Hall–Kier alpha value is -2.25. The zero-order valence-corrected chi connectivity index (χ0v) is 10.6. The van der Waals surface area contributed by atoms with Gasteiger partial charge in [0.05, 0.1) is 12.0 Å². The fourth-order valence-electron chi connectivity index (χ4n) is 1.34. The van der Waals surface area contributed by atoms with Crippen LogP contribution in [0.3, 0.4) is 0 Å². The third kappa shape index (κ3) is 5.17. The van der Waals surface area contributed by atoms with Gasteiger partial charge in [0.15, 0.2) is 0 Å². The molecule has 0 unspecified atom stereocenters. The summed E-state index contributed by atoms with van der Waals surface area (Å²) in [7, 11) is 1.22. The highest BCUT2D eigenvalue weighted by Crippen LogP contribution is 2.19. The standard InChI is InChI=1S/C12H13F3N2O3/c1-17(6-5-12(13,14)15)11(20)16-9-4-2-3-8(7-9)10(18)19/h2-4,7H,5-6H2,1H3,(H,16,20)(H,18,19). The van der Waals surface area contributed by atoms with Crippen LogP contribution in [-0.4, -0.2) is 41.8 Å². The van der Waals surface area contributed by atoms with Crippen LogP contribution in [0.1, 0.15) is 16.8 Å². The molecule has 0 aromatic heterocycles. The number of rotatable bonds is 4. The molecule has 8 heteroatoms. The molecule has 1 aromatic rings. The summed E-state index contributed by atoms with van der Waals surface area (Å²) >= 11 is 0. The van der Waals surface area contributed by atoms with Gasteiger partial charge in [-0.2, -0.15) is 13.2 Å². The molecule has 0 aliphatic carbocycles. The second kappa shape index (κ2) is 6.27. The fraction of sp³-hybridized carbons (Fsp3) is 0.333. The molecule has 0 spiro atoms. The minimum absolute atomic E-state index is 0.0271. The predicted octanol–water partition coefficient (Wildman–Crippen LogP) is 2.80. The Morgan fingerprint density at radius 1 is 1.35 bits per heavy atom. The Morgan fingerprint density at radius 3 is 2.55 bits per heavy atom. The van der Waals surface area contributed by atoms with E-state index in [1.165, 1.54) is 31.3 Å². The van der Waals surface area contributed by atoms with Crippen LogP contribution in [-0.2, 0) is 0 Å². The van der Waals surface area contributed by atoms with Gasteiger partial charge in [0.1, 0.15) is 0 Å². The first-order valence-corrected chi connectivity index (χ1v) is 5.61. The predicted molar refractivity (Wildman–Crippen MR) is 65.7 cm³/mol. The van der Waals surface area contributed by atoms with E-state index in [0.717, 1.165) is 4.90 Å². The topological polar surface area (TPSA) is 69.6 Å². The number of urea groups is 1. The Labute approximate surface area is 113 Å². The largest absolute Gasteiger partial charge is 0.478 e. The summed E-state index contributed by atoms with van der Waals surface area (Å²) in [5, 5.41) is 11.1. The highest BCUT2D eigenvalue weighted by atomic mass is 19.4. The highest BCUT2D eigenvalue weighted by Gasteiger charge is 2.28. The highest BCUT2D eigenvalue weighted by molar-refractivity contribution is 5.93. The Bertz CT molecular complexity index is 503. The van der Waals surface area contributed by atoms with Crippen molar-refractivity contribution < 1.29 is 27.9 Å². The number of carbonyl (C=O) groups is 2. The number of nitrogens with one attached hydrogen (secondary N) is 1. The average molecular weight is 290 g/mol. The molecular weight excluding hydrogens is 277 g/mol. The van der Waals surface area contributed by atoms with Gasteiger partial charge in [-0.3, -0.25) is 0 Å². The van der Waals surface area contributed by atoms with Gasteiger partial charge in [-0.25, -0.2) is 9.59 Å². The van der Waals surface area contributed by atoms with E-state index in [1.54, 1.807) is 0 Å². The average Bonchev–Trinajstić information content (AvgIpc) is 2.35. The lowest BCUT2D eigenvalue weighted by molar-refractivity contribution is -0.135. The number of nitrogens with zero attached hydrogens (tertiary/aromatic N) is 1. The van der Waals surface area contributed by atoms with Crippen LogP contribution < -0.4 is 5.32 Å². The number of amides is 2. The number of hydrogen-bond donors (Lipinski definition) is 2. The summed E-state index contributed by atoms with van der Waals surface area (Å²) in [6.45, 7) is -0.478. The first-order valence-electron chi connectivity index (χ1n) is 5.61. The Morgan fingerprint density at radius 2 is 2.00 bits per heavy atom. The summed E-state index contributed by atoms with van der Waals surface area (Å²) in [6.07, 6.45) is -5.44. The molecule has 1 rings (SSSR count). The summed E-state index contributed by atoms with van der Waals surface area (Å²) in [5.74, 6) is -1.16. The second-order valence-electron chi connectivity index (χ2n) is 4.10. The van der Waals surface area contributed by atoms with Gasteiger partial charge in [-0.15, -0.1) is 0 Å². The molecular formula is C12H13F3N2O3. The third-order valence-electron chi connectivity index (χ3n) is 2.44. The minimum atomic E-state index is -4.34. The number of benzene rings is 1. The molecule has 2 N–H and O–H groups in total. The van der Waals surface area contributed by atoms with Crippen molar-refractivity contribution in [1.82, 2.24) is 4.90 Å². The van der Waals surface area contributed by atoms with Gasteiger partial charge in [-0.05, 0) is 18.2 Å². The summed E-state index contributed by atoms with van der Waals surface area (Å²) in [5.41, 5.74) is 0.175. The molecule has 20 heavy (non-hydrogen) atoms. The number of carboxylic acids is 1. The van der Waals surface area contributed by atoms with Crippen molar-refractivity contribution in [2.45, 2.75) is 12.6 Å². The molecule has 2 amide bonds. The lowest BCUT2D eigenvalue weighted by atomic mass is 10.2. The fourth-order valence-corrected chi connectivity index (χ4v) is 1.34. The number of carbonyl (C=O) groups excluding carboxylic acids is 1. The number of anilines is 1. The zero-order chi connectivity index (χ0) is 15.3. The minimum Gasteiger partial charge on any atom is -0.478 e. The van der Waals surface area contributed by atoms with Gasteiger partial charge in [0.2, 0.25) is 0 Å². The molecule has 1 aromatic carbocycles. The molecule has 0 radical (unpaired) electrons. The molecule has 0 bridgehead atoms. The van der Waals surface area contributed by atoms with E-state index in [-0.39, 0.29) is 11.3 Å². The summed E-state index contributed by atoms with van der Waals surface area (Å²) in [4.78, 5) is 23.2. The molecule has 0 saturated carbocycles. The van der Waals surface area contributed by atoms with Crippen molar-refractivity contribution >= 4 is 17.7 Å². The molecule has 110 valence electrons. The zero-order valence-electron chi connectivity index (χ0n) is 10.6. The maximum absolute atomic E-state index is 12.0. The van der Waals surface area contributed by atoms with E-state index >= 15 is 0 Å².